The largest absolute Gasteiger partial charge is 0.466 e. The highest BCUT2D eigenvalue weighted by atomic mass is 16.5. The van der Waals surface area contributed by atoms with Crippen molar-refractivity contribution in [3.63, 3.8) is 0 Å². The minimum Gasteiger partial charge on any atom is -0.466 e. The van der Waals surface area contributed by atoms with E-state index in [0.717, 1.165) is 17.8 Å². The molecule has 0 aromatic heterocycles. The smallest absolute Gasteiger partial charge is 0.308 e. The summed E-state index contributed by atoms with van der Waals surface area (Å²) in [4.78, 5) is 11.4. The first-order valence-corrected chi connectivity index (χ1v) is 8.17. The molecule has 0 heterocycles. The van der Waals surface area contributed by atoms with Crippen LogP contribution < -0.4 is 5.32 Å². The Labute approximate surface area is 121 Å². The van der Waals surface area contributed by atoms with Crippen LogP contribution in [-0.2, 0) is 9.53 Å². The lowest BCUT2D eigenvalue weighted by molar-refractivity contribution is -0.145. The van der Waals surface area contributed by atoms with Gasteiger partial charge < -0.3 is 15.2 Å². The van der Waals surface area contributed by atoms with E-state index in [2.05, 4.69) is 5.32 Å². The molecule has 4 heteroatoms. The molecule has 4 rings (SSSR count). The number of β-amino-alcohol motifs (C(OH)–C–C–N with tert-alkyl or cyclic N) is 1. The van der Waals surface area contributed by atoms with E-state index in [1.165, 1.54) is 38.5 Å². The summed E-state index contributed by atoms with van der Waals surface area (Å²) in [7, 11) is 0. The van der Waals surface area contributed by atoms with Crippen LogP contribution in [-0.4, -0.2) is 35.9 Å². The van der Waals surface area contributed by atoms with Gasteiger partial charge in [-0.2, -0.15) is 0 Å². The van der Waals surface area contributed by atoms with E-state index in [9.17, 15) is 9.90 Å². The van der Waals surface area contributed by atoms with Gasteiger partial charge in [0, 0.05) is 12.1 Å². The lowest BCUT2D eigenvalue weighted by Gasteiger charge is -2.57. The fraction of sp³-hybridized carbons (Fsp3) is 0.938. The number of rotatable bonds is 6. The highest BCUT2D eigenvalue weighted by Gasteiger charge is 2.50. The maximum atomic E-state index is 11.4. The van der Waals surface area contributed by atoms with Crippen LogP contribution >= 0.6 is 0 Å². The van der Waals surface area contributed by atoms with Crippen molar-refractivity contribution in [1.29, 1.82) is 0 Å². The number of aliphatic hydroxyl groups is 1. The van der Waals surface area contributed by atoms with Crippen molar-refractivity contribution >= 4 is 5.97 Å². The highest BCUT2D eigenvalue weighted by Crippen LogP contribution is 2.55. The van der Waals surface area contributed by atoms with Crippen molar-refractivity contribution in [2.75, 3.05) is 13.2 Å². The normalized spacial score (nSPS) is 39.8. The van der Waals surface area contributed by atoms with Crippen LogP contribution in [0.15, 0.2) is 0 Å². The van der Waals surface area contributed by atoms with Crippen LogP contribution in [0.5, 0.6) is 0 Å². The fourth-order valence-electron chi connectivity index (χ4n) is 5.15. The minimum atomic E-state index is -0.623. The second-order valence-electron chi connectivity index (χ2n) is 7.24. The Morgan fingerprint density at radius 1 is 1.25 bits per heavy atom. The minimum absolute atomic E-state index is 0.104. The molecule has 1 atom stereocenters. The van der Waals surface area contributed by atoms with Gasteiger partial charge in [-0.25, -0.2) is 0 Å². The number of hydrogen-bond donors (Lipinski definition) is 2. The summed E-state index contributed by atoms with van der Waals surface area (Å²) in [6.45, 7) is 2.69. The van der Waals surface area contributed by atoms with E-state index >= 15 is 0 Å². The Morgan fingerprint density at radius 2 is 1.80 bits per heavy atom. The van der Waals surface area contributed by atoms with E-state index in [4.69, 9.17) is 4.74 Å². The van der Waals surface area contributed by atoms with Gasteiger partial charge in [-0.1, -0.05) is 0 Å². The van der Waals surface area contributed by atoms with Gasteiger partial charge >= 0.3 is 5.97 Å². The van der Waals surface area contributed by atoms with Crippen LogP contribution in [0.4, 0.5) is 0 Å². The lowest BCUT2D eigenvalue weighted by atomic mass is 9.53. The molecule has 0 saturated heterocycles. The molecule has 114 valence electrons. The summed E-state index contributed by atoms with van der Waals surface area (Å²) in [5.74, 6) is 2.40. The van der Waals surface area contributed by atoms with E-state index in [1.54, 1.807) is 6.92 Å². The summed E-state index contributed by atoms with van der Waals surface area (Å²) < 4.78 is 4.88. The topological polar surface area (TPSA) is 58.6 Å². The first kappa shape index (κ1) is 14.3. The van der Waals surface area contributed by atoms with Gasteiger partial charge in [0.1, 0.15) is 0 Å². The maximum absolute atomic E-state index is 11.4. The van der Waals surface area contributed by atoms with E-state index in [0.29, 0.717) is 13.2 Å². The molecule has 4 aliphatic rings. The van der Waals surface area contributed by atoms with Gasteiger partial charge in [-0.15, -0.1) is 0 Å². The molecule has 0 spiro atoms. The van der Waals surface area contributed by atoms with Crippen molar-refractivity contribution in [2.45, 2.75) is 63.5 Å². The molecular formula is C16H27NO3. The van der Waals surface area contributed by atoms with Crippen LogP contribution in [0.1, 0.15) is 51.9 Å². The Kier molecular flexibility index (Phi) is 4.04. The van der Waals surface area contributed by atoms with Crippen LogP contribution in [0.2, 0.25) is 0 Å². The zero-order chi connectivity index (χ0) is 14.2. The van der Waals surface area contributed by atoms with E-state index in [1.807, 2.05) is 0 Å². The van der Waals surface area contributed by atoms with Gasteiger partial charge in [0.15, 0.2) is 0 Å². The van der Waals surface area contributed by atoms with Crippen LogP contribution in [0.3, 0.4) is 0 Å². The number of carbonyl (C=O) groups is 1. The number of aliphatic hydroxyl groups excluding tert-OH is 1. The molecule has 4 fully saturated rings. The van der Waals surface area contributed by atoms with Crippen molar-refractivity contribution < 1.29 is 14.6 Å². The lowest BCUT2D eigenvalue weighted by Crippen LogP contribution is -2.59. The Balaban J connectivity index is 1.49. The molecule has 1 unspecified atom stereocenters. The van der Waals surface area contributed by atoms with Crippen molar-refractivity contribution in [2.24, 2.45) is 17.8 Å². The number of hydrogen-bond acceptors (Lipinski definition) is 4. The molecule has 0 aromatic carbocycles. The van der Waals surface area contributed by atoms with Gasteiger partial charge in [0.2, 0.25) is 0 Å². The van der Waals surface area contributed by atoms with Gasteiger partial charge in [0.25, 0.3) is 0 Å². The number of ether oxygens (including phenoxy) is 1. The molecule has 4 saturated carbocycles. The second-order valence-corrected chi connectivity index (χ2v) is 7.24. The molecule has 0 amide bonds. The molecule has 4 nitrogen and oxygen atoms in total. The third-order valence-electron chi connectivity index (χ3n) is 5.46. The maximum Gasteiger partial charge on any atom is 0.308 e. The number of nitrogens with one attached hydrogen (secondary N) is 1. The van der Waals surface area contributed by atoms with Crippen molar-refractivity contribution in [3.8, 4) is 0 Å². The number of esters is 1. The second kappa shape index (κ2) is 5.64. The summed E-state index contributed by atoms with van der Waals surface area (Å²) in [6.07, 6.45) is 7.56. The zero-order valence-corrected chi connectivity index (χ0v) is 12.4. The predicted molar refractivity (Wildman–Crippen MR) is 76.2 cm³/mol. The predicted octanol–water partition coefficient (Wildman–Crippen LogP) is 1.86. The SMILES string of the molecule is CCOC(=O)CC(O)CNC12CC3CC(CC(C3)C1)C2. The molecule has 4 aliphatic carbocycles. The van der Waals surface area contributed by atoms with Crippen molar-refractivity contribution in [3.05, 3.63) is 0 Å². The van der Waals surface area contributed by atoms with Gasteiger partial charge in [-0.3, -0.25) is 4.79 Å². The highest BCUT2D eigenvalue weighted by molar-refractivity contribution is 5.69. The Bertz CT molecular complexity index is 333. The summed E-state index contributed by atoms with van der Waals surface area (Å²) in [5.41, 5.74) is 0.254. The zero-order valence-electron chi connectivity index (χ0n) is 12.4. The van der Waals surface area contributed by atoms with Crippen LogP contribution in [0, 0.1) is 17.8 Å². The monoisotopic (exact) mass is 281 g/mol. The van der Waals surface area contributed by atoms with Crippen molar-refractivity contribution in [1.82, 2.24) is 5.32 Å². The standard InChI is InChI=1S/C16H27NO3/c1-2-20-15(19)6-14(18)10-17-16-7-11-3-12(8-16)5-13(4-11)9-16/h11-14,17-18H,2-10H2,1H3. The fourth-order valence-corrected chi connectivity index (χ4v) is 5.15. The van der Waals surface area contributed by atoms with Gasteiger partial charge in [-0.05, 0) is 63.2 Å². The average Bonchev–Trinajstić information content (AvgIpc) is 2.35. The quantitative estimate of drug-likeness (QED) is 0.730. The molecule has 0 aliphatic heterocycles. The van der Waals surface area contributed by atoms with E-state index in [-0.39, 0.29) is 17.9 Å². The third kappa shape index (κ3) is 3.01. The molecule has 20 heavy (non-hydrogen) atoms. The summed E-state index contributed by atoms with van der Waals surface area (Å²) >= 11 is 0. The van der Waals surface area contributed by atoms with Gasteiger partial charge in [0.05, 0.1) is 19.1 Å². The first-order chi connectivity index (χ1) is 9.58. The Morgan fingerprint density at radius 3 is 2.30 bits per heavy atom. The molecule has 0 aromatic rings. The Hall–Kier alpha value is -0.610. The average molecular weight is 281 g/mol. The molecule has 2 N–H and O–H groups in total. The van der Waals surface area contributed by atoms with E-state index < -0.39 is 6.10 Å². The summed E-state index contributed by atoms with van der Waals surface area (Å²) in [5, 5.41) is 13.6. The van der Waals surface area contributed by atoms with Crippen LogP contribution in [0.25, 0.3) is 0 Å². The molecule has 0 radical (unpaired) electrons. The third-order valence-corrected chi connectivity index (χ3v) is 5.46. The molecular weight excluding hydrogens is 254 g/mol. The number of carbonyl (C=O) groups excluding carboxylic acids is 1. The first-order valence-electron chi connectivity index (χ1n) is 8.17. The summed E-state index contributed by atoms with van der Waals surface area (Å²) in [6, 6.07) is 0. The molecule has 4 bridgehead atoms.